The normalized spacial score (nSPS) is 14.8. The van der Waals surface area contributed by atoms with E-state index in [2.05, 4.69) is 84.0 Å². The number of piperidine rings is 1. The third kappa shape index (κ3) is 8.24. The van der Waals surface area contributed by atoms with Gasteiger partial charge in [0.15, 0.2) is 11.5 Å². The molecular weight excluding hydrogens is 673 g/mol. The Labute approximate surface area is 320 Å². The van der Waals surface area contributed by atoms with Crippen molar-refractivity contribution in [1.29, 1.82) is 0 Å². The van der Waals surface area contributed by atoms with E-state index in [1.54, 1.807) is 27.4 Å². The quantitative estimate of drug-likeness (QED) is 0.106. The molecule has 8 heteroatoms. The first-order valence-electron chi connectivity index (χ1n) is 19.1. The van der Waals surface area contributed by atoms with Gasteiger partial charge in [-0.3, -0.25) is 14.9 Å². The summed E-state index contributed by atoms with van der Waals surface area (Å²) in [6, 6.07) is 24.1. The summed E-state index contributed by atoms with van der Waals surface area (Å²) in [5.41, 5.74) is 11.3. The van der Waals surface area contributed by atoms with Crippen molar-refractivity contribution in [2.75, 3.05) is 45.9 Å². The molecule has 2 aliphatic rings. The second-order valence-corrected chi connectivity index (χ2v) is 14.4. The van der Waals surface area contributed by atoms with Crippen LogP contribution in [0, 0.1) is 6.92 Å². The molecule has 0 unspecified atom stereocenters. The molecule has 5 aromatic rings. The predicted molar refractivity (Wildman–Crippen MR) is 218 cm³/mol. The summed E-state index contributed by atoms with van der Waals surface area (Å²) in [6.07, 6.45) is 12.3. The summed E-state index contributed by atoms with van der Waals surface area (Å²) in [5, 5.41) is 0. The van der Waals surface area contributed by atoms with Crippen LogP contribution >= 0.6 is 0 Å². The fourth-order valence-corrected chi connectivity index (χ4v) is 7.84. The predicted octanol–water partition coefficient (Wildman–Crippen LogP) is 9.74. The Hall–Kier alpha value is -5.34. The number of nitrogens with zero attached hydrogens (tertiary/aromatic N) is 4. The number of aromatic nitrogens is 2. The fourth-order valence-electron chi connectivity index (χ4n) is 7.84. The van der Waals surface area contributed by atoms with E-state index in [0.29, 0.717) is 30.1 Å². The average molecular weight is 725 g/mol. The molecule has 1 saturated carbocycles. The lowest BCUT2D eigenvalue weighted by atomic mass is 9.97. The van der Waals surface area contributed by atoms with Crippen LogP contribution in [0.15, 0.2) is 91.9 Å². The van der Waals surface area contributed by atoms with Crippen molar-refractivity contribution in [3.05, 3.63) is 120 Å². The average Bonchev–Trinajstić information content (AvgIpc) is 4.06. The van der Waals surface area contributed by atoms with Gasteiger partial charge in [-0.2, -0.15) is 0 Å². The van der Waals surface area contributed by atoms with Crippen molar-refractivity contribution in [1.82, 2.24) is 14.9 Å². The van der Waals surface area contributed by atoms with E-state index in [1.165, 1.54) is 35.2 Å². The Morgan fingerprint density at radius 2 is 1.57 bits per heavy atom. The summed E-state index contributed by atoms with van der Waals surface area (Å²) in [5.74, 6) is 3.82. The summed E-state index contributed by atoms with van der Waals surface area (Å²) in [4.78, 5) is 14.6. The lowest BCUT2D eigenvalue weighted by Crippen LogP contribution is -2.44. The molecule has 2 aromatic heterocycles. The minimum absolute atomic E-state index is 0.366. The maximum absolute atomic E-state index is 5.79. The Kier molecular flexibility index (Phi) is 11.5. The van der Waals surface area contributed by atoms with Crippen LogP contribution in [-0.2, 0) is 13.1 Å². The zero-order valence-electron chi connectivity index (χ0n) is 32.3. The van der Waals surface area contributed by atoms with Crippen molar-refractivity contribution in [2.45, 2.75) is 64.6 Å². The number of anilines is 1. The standard InChI is InChI=1S/C46H52N4O4/c1-7-34-23-36(25-45(52-5)46(34)53-6)38-21-33(27-47-28-38)30-50(39-11-13-41(14-12-39)54-8-2)40-16-19-49(20-17-40)29-32-15-18-48-43(22-32)37-24-42(35-9-10-35)31(3)44(26-37)51-4/h7,11-15,18,21-28,35,40H,1,8-10,16-17,19-20,29-30H2,2-6H3. The van der Waals surface area contributed by atoms with Crippen molar-refractivity contribution in [3.8, 4) is 45.4 Å². The molecule has 0 bridgehead atoms. The molecule has 280 valence electrons. The fraction of sp³-hybridized carbons (Fsp3) is 0.348. The number of rotatable bonds is 15. The van der Waals surface area contributed by atoms with Gasteiger partial charge in [-0.1, -0.05) is 12.7 Å². The molecule has 7 rings (SSSR count). The molecular formula is C46H52N4O4. The SMILES string of the molecule is C=Cc1cc(-c2cncc(CN(c3ccc(OCC)cc3)C3CCN(Cc4ccnc(-c5cc(OC)c(C)c(C6CC6)c5)c4)CC3)c2)cc(OC)c1OC. The molecule has 1 saturated heterocycles. The van der Waals surface area contributed by atoms with E-state index in [1.807, 2.05) is 31.6 Å². The van der Waals surface area contributed by atoms with Gasteiger partial charge in [-0.25, -0.2) is 0 Å². The third-order valence-corrected chi connectivity index (χ3v) is 10.8. The van der Waals surface area contributed by atoms with Crippen LogP contribution in [0.1, 0.15) is 66.3 Å². The monoisotopic (exact) mass is 724 g/mol. The number of pyridine rings is 2. The Bertz CT molecular complexity index is 2070. The largest absolute Gasteiger partial charge is 0.496 e. The van der Waals surface area contributed by atoms with E-state index in [0.717, 1.165) is 84.0 Å². The lowest BCUT2D eigenvalue weighted by molar-refractivity contribution is 0.201. The Balaban J connectivity index is 1.09. The van der Waals surface area contributed by atoms with Gasteiger partial charge >= 0.3 is 0 Å². The molecule has 0 amide bonds. The molecule has 3 heterocycles. The highest BCUT2D eigenvalue weighted by molar-refractivity contribution is 5.74. The van der Waals surface area contributed by atoms with Gasteiger partial charge in [-0.15, -0.1) is 0 Å². The van der Waals surface area contributed by atoms with Crippen LogP contribution < -0.4 is 23.8 Å². The van der Waals surface area contributed by atoms with Crippen LogP contribution in [0.3, 0.4) is 0 Å². The zero-order valence-corrected chi connectivity index (χ0v) is 32.3. The highest BCUT2D eigenvalue weighted by atomic mass is 16.5. The minimum Gasteiger partial charge on any atom is -0.496 e. The highest BCUT2D eigenvalue weighted by Gasteiger charge is 2.28. The first-order chi connectivity index (χ1) is 26.4. The summed E-state index contributed by atoms with van der Waals surface area (Å²) >= 11 is 0. The molecule has 0 radical (unpaired) electrons. The van der Waals surface area contributed by atoms with Crippen molar-refractivity contribution in [3.63, 3.8) is 0 Å². The molecule has 0 N–H and O–H groups in total. The van der Waals surface area contributed by atoms with Gasteiger partial charge in [0.05, 0.1) is 33.6 Å². The van der Waals surface area contributed by atoms with Crippen LogP contribution in [0.4, 0.5) is 5.69 Å². The zero-order chi connectivity index (χ0) is 37.6. The van der Waals surface area contributed by atoms with Crippen LogP contribution in [-0.4, -0.2) is 61.9 Å². The van der Waals surface area contributed by atoms with Crippen molar-refractivity contribution < 1.29 is 18.9 Å². The van der Waals surface area contributed by atoms with Gasteiger partial charge in [0, 0.05) is 73.2 Å². The lowest BCUT2D eigenvalue weighted by Gasteiger charge is -2.40. The highest BCUT2D eigenvalue weighted by Crippen LogP contribution is 2.45. The van der Waals surface area contributed by atoms with E-state index < -0.39 is 0 Å². The van der Waals surface area contributed by atoms with Crippen LogP contribution in [0.2, 0.25) is 0 Å². The minimum atomic E-state index is 0.366. The molecule has 2 fully saturated rings. The summed E-state index contributed by atoms with van der Waals surface area (Å²) in [7, 11) is 5.07. The van der Waals surface area contributed by atoms with E-state index in [-0.39, 0.29) is 0 Å². The molecule has 8 nitrogen and oxygen atoms in total. The second kappa shape index (κ2) is 16.8. The van der Waals surface area contributed by atoms with Gasteiger partial charge in [0.1, 0.15) is 11.5 Å². The maximum atomic E-state index is 5.79. The van der Waals surface area contributed by atoms with E-state index in [4.69, 9.17) is 28.9 Å². The number of methoxy groups -OCH3 is 3. The van der Waals surface area contributed by atoms with E-state index in [9.17, 15) is 0 Å². The smallest absolute Gasteiger partial charge is 0.167 e. The molecule has 1 aliphatic heterocycles. The first-order valence-corrected chi connectivity index (χ1v) is 19.1. The number of likely N-dealkylation sites (tertiary alicyclic amines) is 1. The van der Waals surface area contributed by atoms with Crippen molar-refractivity contribution in [2.24, 2.45) is 0 Å². The van der Waals surface area contributed by atoms with Crippen molar-refractivity contribution >= 4 is 11.8 Å². The Morgan fingerprint density at radius 3 is 2.26 bits per heavy atom. The van der Waals surface area contributed by atoms with E-state index >= 15 is 0 Å². The molecule has 0 spiro atoms. The number of hydrogen-bond donors (Lipinski definition) is 0. The number of benzene rings is 3. The topological polar surface area (TPSA) is 69.2 Å². The molecule has 0 atom stereocenters. The van der Waals surface area contributed by atoms with Crippen LogP contribution in [0.25, 0.3) is 28.5 Å². The van der Waals surface area contributed by atoms with Gasteiger partial charge in [0.2, 0.25) is 0 Å². The Morgan fingerprint density at radius 1 is 0.815 bits per heavy atom. The first kappa shape index (κ1) is 37.0. The maximum Gasteiger partial charge on any atom is 0.167 e. The van der Waals surface area contributed by atoms with Gasteiger partial charge < -0.3 is 23.8 Å². The number of hydrogen-bond acceptors (Lipinski definition) is 8. The van der Waals surface area contributed by atoms with Crippen LogP contribution in [0.5, 0.6) is 23.0 Å². The second-order valence-electron chi connectivity index (χ2n) is 14.4. The summed E-state index contributed by atoms with van der Waals surface area (Å²) in [6.45, 7) is 12.5. The van der Waals surface area contributed by atoms with Gasteiger partial charge in [0.25, 0.3) is 0 Å². The number of ether oxygens (including phenoxy) is 4. The molecule has 3 aromatic carbocycles. The third-order valence-electron chi connectivity index (χ3n) is 10.8. The molecule has 54 heavy (non-hydrogen) atoms. The van der Waals surface area contributed by atoms with Gasteiger partial charge in [-0.05, 0) is 140 Å². The summed E-state index contributed by atoms with van der Waals surface area (Å²) < 4.78 is 22.9. The molecule has 1 aliphatic carbocycles.